The molecule has 2 aromatic heterocycles. The number of aromatic amines is 1. The minimum Gasteiger partial charge on any atom is -0.468 e. The van der Waals surface area contributed by atoms with Crippen LogP contribution < -0.4 is 5.73 Å². The second-order valence-corrected chi connectivity index (χ2v) is 7.02. The first-order chi connectivity index (χ1) is 10.0. The lowest BCUT2D eigenvalue weighted by Gasteiger charge is -2.21. The van der Waals surface area contributed by atoms with Crippen LogP contribution in [0.4, 0.5) is 0 Å². The molecule has 3 rings (SSSR count). The van der Waals surface area contributed by atoms with Crippen LogP contribution in [-0.4, -0.2) is 29.0 Å². The number of aryl methyl sites for hydroxylation is 1. The minimum atomic E-state index is -3.64. The van der Waals surface area contributed by atoms with E-state index in [1.807, 2.05) is 0 Å². The molecular formula is C13H18N4O3S. The van der Waals surface area contributed by atoms with Gasteiger partial charge in [-0.05, 0) is 31.9 Å². The van der Waals surface area contributed by atoms with E-state index < -0.39 is 10.0 Å². The highest BCUT2D eigenvalue weighted by Crippen LogP contribution is 2.35. The van der Waals surface area contributed by atoms with Crippen LogP contribution in [-0.2, 0) is 23.1 Å². The molecule has 0 bridgehead atoms. The highest BCUT2D eigenvalue weighted by atomic mass is 32.2. The summed E-state index contributed by atoms with van der Waals surface area (Å²) in [5, 5.41) is 6.69. The van der Waals surface area contributed by atoms with E-state index in [2.05, 4.69) is 10.2 Å². The van der Waals surface area contributed by atoms with E-state index in [0.29, 0.717) is 17.1 Å². The highest BCUT2D eigenvalue weighted by molar-refractivity contribution is 7.89. The number of nitrogens with one attached hydrogen (secondary N) is 1. The van der Waals surface area contributed by atoms with Gasteiger partial charge in [0.1, 0.15) is 10.7 Å². The molecule has 1 aliphatic carbocycles. The van der Waals surface area contributed by atoms with Crippen molar-refractivity contribution < 1.29 is 12.8 Å². The van der Waals surface area contributed by atoms with Crippen molar-refractivity contribution in [2.75, 3.05) is 0 Å². The fourth-order valence-electron chi connectivity index (χ4n) is 2.40. The molecule has 1 saturated carbocycles. The van der Waals surface area contributed by atoms with Gasteiger partial charge in [0.15, 0.2) is 0 Å². The van der Waals surface area contributed by atoms with Gasteiger partial charge in [0.2, 0.25) is 10.0 Å². The molecule has 8 heteroatoms. The van der Waals surface area contributed by atoms with Crippen molar-refractivity contribution in [1.29, 1.82) is 0 Å². The van der Waals surface area contributed by atoms with Crippen molar-refractivity contribution in [3.8, 4) is 0 Å². The molecule has 21 heavy (non-hydrogen) atoms. The van der Waals surface area contributed by atoms with E-state index in [9.17, 15) is 8.42 Å². The molecule has 1 fully saturated rings. The fraction of sp³-hybridized carbons (Fsp3) is 0.462. The monoisotopic (exact) mass is 310 g/mol. The lowest BCUT2D eigenvalue weighted by molar-refractivity contribution is 0.356. The molecule has 0 aliphatic heterocycles. The number of sulfonamides is 1. The molecule has 3 N–H and O–H groups in total. The van der Waals surface area contributed by atoms with Gasteiger partial charge in [-0.3, -0.25) is 5.10 Å². The number of rotatable bonds is 6. The van der Waals surface area contributed by atoms with Crippen LogP contribution >= 0.6 is 0 Å². The quantitative estimate of drug-likeness (QED) is 0.832. The van der Waals surface area contributed by atoms with Crippen molar-refractivity contribution >= 4 is 10.0 Å². The molecular weight excluding hydrogens is 292 g/mol. The average Bonchev–Trinajstić information content (AvgIpc) is 3.00. The van der Waals surface area contributed by atoms with Crippen molar-refractivity contribution in [3.63, 3.8) is 0 Å². The molecule has 7 nitrogen and oxygen atoms in total. The zero-order chi connectivity index (χ0) is 15.0. The van der Waals surface area contributed by atoms with Gasteiger partial charge >= 0.3 is 0 Å². The van der Waals surface area contributed by atoms with E-state index in [4.69, 9.17) is 10.2 Å². The van der Waals surface area contributed by atoms with Crippen LogP contribution in [0.3, 0.4) is 0 Å². The number of aromatic nitrogens is 2. The molecule has 0 amide bonds. The van der Waals surface area contributed by atoms with E-state index in [0.717, 1.165) is 12.8 Å². The first-order valence-corrected chi connectivity index (χ1v) is 8.26. The molecule has 2 aromatic rings. The zero-order valence-corrected chi connectivity index (χ0v) is 12.6. The number of furan rings is 1. The summed E-state index contributed by atoms with van der Waals surface area (Å²) in [4.78, 5) is 0.198. The largest absolute Gasteiger partial charge is 0.468 e. The number of H-pyrrole nitrogens is 1. The first kappa shape index (κ1) is 14.3. The summed E-state index contributed by atoms with van der Waals surface area (Å²) < 4.78 is 32.7. The molecule has 0 atom stereocenters. The van der Waals surface area contributed by atoms with Gasteiger partial charge in [0, 0.05) is 12.6 Å². The summed E-state index contributed by atoms with van der Waals surface area (Å²) in [6.45, 7) is 2.00. The molecule has 114 valence electrons. The Labute approximate surface area is 123 Å². The van der Waals surface area contributed by atoms with Gasteiger partial charge in [0.25, 0.3) is 0 Å². The normalized spacial score (nSPS) is 15.8. The Kier molecular flexibility index (Phi) is 3.60. The van der Waals surface area contributed by atoms with E-state index >= 15 is 0 Å². The van der Waals surface area contributed by atoms with E-state index in [-0.39, 0.29) is 24.0 Å². The standard InChI is InChI=1S/C13H18N4O3S/c1-9-13(12(7-14)16-15-9)21(18,19)17(10-4-5-10)8-11-3-2-6-20-11/h2-3,6,10H,4-5,7-8,14H2,1H3,(H,15,16). The van der Waals surface area contributed by atoms with Crippen LogP contribution in [0.15, 0.2) is 27.7 Å². The maximum Gasteiger partial charge on any atom is 0.247 e. The fourth-order valence-corrected chi connectivity index (χ4v) is 4.39. The maximum atomic E-state index is 13.0. The topological polar surface area (TPSA) is 105 Å². The molecule has 0 unspecified atom stereocenters. The molecule has 1 aliphatic rings. The van der Waals surface area contributed by atoms with E-state index in [1.165, 1.54) is 4.31 Å². The summed E-state index contributed by atoms with van der Waals surface area (Å²) in [6, 6.07) is 3.55. The summed E-state index contributed by atoms with van der Waals surface area (Å²) in [5.74, 6) is 0.626. The van der Waals surface area contributed by atoms with Gasteiger partial charge in [0.05, 0.1) is 24.2 Å². The Morgan fingerprint density at radius 2 is 2.29 bits per heavy atom. The van der Waals surface area contributed by atoms with Gasteiger partial charge < -0.3 is 10.2 Å². The zero-order valence-electron chi connectivity index (χ0n) is 11.7. The van der Waals surface area contributed by atoms with Gasteiger partial charge in [-0.2, -0.15) is 9.40 Å². The third-order valence-corrected chi connectivity index (χ3v) is 5.67. The third kappa shape index (κ3) is 2.61. The Morgan fingerprint density at radius 1 is 1.52 bits per heavy atom. The molecule has 2 heterocycles. The third-order valence-electron chi connectivity index (χ3n) is 3.57. The van der Waals surface area contributed by atoms with Gasteiger partial charge in [-0.15, -0.1) is 0 Å². The number of nitrogens with zero attached hydrogens (tertiary/aromatic N) is 2. The Balaban J connectivity index is 1.99. The van der Waals surface area contributed by atoms with Crippen molar-refractivity contribution in [3.05, 3.63) is 35.5 Å². The summed E-state index contributed by atoms with van der Waals surface area (Å²) in [6.07, 6.45) is 3.28. The summed E-state index contributed by atoms with van der Waals surface area (Å²) in [7, 11) is -3.64. The lowest BCUT2D eigenvalue weighted by atomic mass is 10.4. The van der Waals surface area contributed by atoms with Crippen LogP contribution in [0.5, 0.6) is 0 Å². The molecule has 0 saturated heterocycles. The maximum absolute atomic E-state index is 13.0. The van der Waals surface area contributed by atoms with Gasteiger partial charge in [-0.1, -0.05) is 0 Å². The SMILES string of the molecule is Cc1[nH]nc(CN)c1S(=O)(=O)N(Cc1ccco1)C1CC1. The lowest BCUT2D eigenvalue weighted by Crippen LogP contribution is -2.33. The molecule has 0 aromatic carbocycles. The highest BCUT2D eigenvalue weighted by Gasteiger charge is 2.40. The number of hydrogen-bond acceptors (Lipinski definition) is 5. The van der Waals surface area contributed by atoms with Crippen LogP contribution in [0.2, 0.25) is 0 Å². The van der Waals surface area contributed by atoms with Crippen LogP contribution in [0, 0.1) is 6.92 Å². The average molecular weight is 310 g/mol. The first-order valence-electron chi connectivity index (χ1n) is 6.82. The van der Waals surface area contributed by atoms with Crippen molar-refractivity contribution in [2.45, 2.75) is 43.8 Å². The van der Waals surface area contributed by atoms with Gasteiger partial charge in [-0.25, -0.2) is 8.42 Å². The number of hydrogen-bond donors (Lipinski definition) is 2. The van der Waals surface area contributed by atoms with Crippen molar-refractivity contribution in [2.24, 2.45) is 5.73 Å². The molecule has 0 spiro atoms. The predicted molar refractivity (Wildman–Crippen MR) is 75.7 cm³/mol. The Bertz CT molecular complexity index is 717. The number of nitrogens with two attached hydrogens (primary N) is 1. The van der Waals surface area contributed by atoms with Crippen LogP contribution in [0.1, 0.15) is 30.0 Å². The second-order valence-electron chi connectivity index (χ2n) is 5.19. The van der Waals surface area contributed by atoms with Crippen molar-refractivity contribution in [1.82, 2.24) is 14.5 Å². The Hall–Kier alpha value is -1.64. The second kappa shape index (κ2) is 5.28. The summed E-state index contributed by atoms with van der Waals surface area (Å²) in [5.41, 5.74) is 6.49. The smallest absolute Gasteiger partial charge is 0.247 e. The summed E-state index contributed by atoms with van der Waals surface area (Å²) >= 11 is 0. The molecule has 0 radical (unpaired) electrons. The predicted octanol–water partition coefficient (Wildman–Crippen LogP) is 1.12. The Morgan fingerprint density at radius 3 is 2.86 bits per heavy atom. The van der Waals surface area contributed by atoms with Crippen LogP contribution in [0.25, 0.3) is 0 Å². The minimum absolute atomic E-state index is 0.0278. The van der Waals surface area contributed by atoms with E-state index in [1.54, 1.807) is 25.3 Å².